The lowest BCUT2D eigenvalue weighted by Gasteiger charge is -2.09. The molecule has 0 aliphatic heterocycles. The summed E-state index contributed by atoms with van der Waals surface area (Å²) < 4.78 is 0.704. The van der Waals surface area contributed by atoms with Crippen LogP contribution in [0.3, 0.4) is 0 Å². The number of aryl methyl sites for hydroxylation is 1. The van der Waals surface area contributed by atoms with E-state index in [1.807, 2.05) is 13.0 Å². The van der Waals surface area contributed by atoms with E-state index in [9.17, 15) is 4.79 Å². The molecule has 1 aromatic heterocycles. The van der Waals surface area contributed by atoms with Gasteiger partial charge in [0, 0.05) is 16.4 Å². The number of benzene rings is 1. The van der Waals surface area contributed by atoms with E-state index < -0.39 is 0 Å². The molecule has 1 aromatic carbocycles. The lowest BCUT2D eigenvalue weighted by molar-refractivity contribution is 0.102. The highest BCUT2D eigenvalue weighted by Crippen LogP contribution is 2.21. The highest BCUT2D eigenvalue weighted by atomic mass is 79.9. The van der Waals surface area contributed by atoms with Gasteiger partial charge >= 0.3 is 0 Å². The lowest BCUT2D eigenvalue weighted by atomic mass is 10.2. The molecule has 5 heteroatoms. The molecule has 0 saturated carbocycles. The first-order chi connectivity index (χ1) is 8.58. The van der Waals surface area contributed by atoms with Crippen molar-refractivity contribution < 1.29 is 4.79 Å². The molecule has 0 aliphatic carbocycles. The van der Waals surface area contributed by atoms with Crippen LogP contribution in [0, 0.1) is 6.92 Å². The SMILES string of the molecule is Cc1ccncc1NC(=O)c1cc(N)ccc1Br. The number of carbonyl (C=O) groups excluding carboxylic acids is 1. The number of halogens is 1. The zero-order chi connectivity index (χ0) is 13.1. The summed E-state index contributed by atoms with van der Waals surface area (Å²) in [5, 5.41) is 2.81. The molecule has 0 atom stereocenters. The third-order valence-electron chi connectivity index (χ3n) is 2.52. The summed E-state index contributed by atoms with van der Waals surface area (Å²) in [6.07, 6.45) is 3.30. The Balaban J connectivity index is 2.28. The zero-order valence-electron chi connectivity index (χ0n) is 9.77. The van der Waals surface area contributed by atoms with Gasteiger partial charge in [-0.15, -0.1) is 0 Å². The molecule has 0 spiro atoms. The lowest BCUT2D eigenvalue weighted by Crippen LogP contribution is -2.14. The fraction of sp³-hybridized carbons (Fsp3) is 0.0769. The van der Waals surface area contributed by atoms with E-state index in [2.05, 4.69) is 26.2 Å². The molecule has 18 heavy (non-hydrogen) atoms. The molecular formula is C13H12BrN3O. The van der Waals surface area contributed by atoms with Crippen molar-refractivity contribution in [3.05, 3.63) is 52.3 Å². The van der Waals surface area contributed by atoms with Crippen LogP contribution in [-0.2, 0) is 0 Å². The molecular weight excluding hydrogens is 294 g/mol. The molecule has 1 heterocycles. The first-order valence-corrected chi connectivity index (χ1v) is 6.14. The van der Waals surface area contributed by atoms with Crippen molar-refractivity contribution in [1.82, 2.24) is 4.98 Å². The van der Waals surface area contributed by atoms with E-state index in [4.69, 9.17) is 5.73 Å². The number of pyridine rings is 1. The quantitative estimate of drug-likeness (QED) is 0.838. The van der Waals surface area contributed by atoms with E-state index >= 15 is 0 Å². The molecule has 0 saturated heterocycles. The van der Waals surface area contributed by atoms with Gasteiger partial charge in [0.05, 0.1) is 17.4 Å². The molecule has 2 rings (SSSR count). The van der Waals surface area contributed by atoms with Gasteiger partial charge in [-0.3, -0.25) is 9.78 Å². The average Bonchev–Trinajstić information content (AvgIpc) is 2.35. The monoisotopic (exact) mass is 305 g/mol. The van der Waals surface area contributed by atoms with Crippen LogP contribution in [0.2, 0.25) is 0 Å². The van der Waals surface area contributed by atoms with E-state index in [1.54, 1.807) is 30.6 Å². The van der Waals surface area contributed by atoms with Crippen molar-refractivity contribution >= 4 is 33.2 Å². The molecule has 4 nitrogen and oxygen atoms in total. The van der Waals surface area contributed by atoms with Crippen LogP contribution in [0.4, 0.5) is 11.4 Å². The Morgan fingerprint density at radius 3 is 2.89 bits per heavy atom. The fourth-order valence-corrected chi connectivity index (χ4v) is 1.93. The summed E-state index contributed by atoms with van der Waals surface area (Å²) in [5.41, 5.74) is 8.37. The largest absolute Gasteiger partial charge is 0.399 e. The highest BCUT2D eigenvalue weighted by Gasteiger charge is 2.11. The topological polar surface area (TPSA) is 68.0 Å². The molecule has 0 fully saturated rings. The number of nitrogens with two attached hydrogens (primary N) is 1. The number of hydrogen-bond acceptors (Lipinski definition) is 3. The molecule has 0 radical (unpaired) electrons. The van der Waals surface area contributed by atoms with E-state index in [1.165, 1.54) is 0 Å². The summed E-state index contributed by atoms with van der Waals surface area (Å²) in [7, 11) is 0. The van der Waals surface area contributed by atoms with Crippen molar-refractivity contribution in [1.29, 1.82) is 0 Å². The Kier molecular flexibility index (Phi) is 3.62. The maximum Gasteiger partial charge on any atom is 0.256 e. The van der Waals surface area contributed by atoms with Crippen LogP contribution < -0.4 is 11.1 Å². The number of anilines is 2. The Morgan fingerprint density at radius 1 is 1.39 bits per heavy atom. The molecule has 92 valence electrons. The maximum atomic E-state index is 12.1. The van der Waals surface area contributed by atoms with Crippen molar-refractivity contribution in [2.24, 2.45) is 0 Å². The summed E-state index contributed by atoms with van der Waals surface area (Å²) in [4.78, 5) is 16.1. The third kappa shape index (κ3) is 2.68. The Labute approximate surface area is 113 Å². The third-order valence-corrected chi connectivity index (χ3v) is 3.21. The van der Waals surface area contributed by atoms with Gasteiger partial charge in [-0.2, -0.15) is 0 Å². The maximum absolute atomic E-state index is 12.1. The highest BCUT2D eigenvalue weighted by molar-refractivity contribution is 9.10. The normalized spacial score (nSPS) is 10.1. The summed E-state index contributed by atoms with van der Waals surface area (Å²) in [6.45, 7) is 1.91. The van der Waals surface area contributed by atoms with Gasteiger partial charge in [0.2, 0.25) is 0 Å². The molecule has 2 aromatic rings. The van der Waals surface area contributed by atoms with Crippen molar-refractivity contribution in [3.63, 3.8) is 0 Å². The van der Waals surface area contributed by atoms with Crippen LogP contribution in [-0.4, -0.2) is 10.9 Å². The smallest absolute Gasteiger partial charge is 0.256 e. The van der Waals surface area contributed by atoms with Crippen molar-refractivity contribution in [2.45, 2.75) is 6.92 Å². The average molecular weight is 306 g/mol. The summed E-state index contributed by atoms with van der Waals surface area (Å²) in [6, 6.07) is 6.95. The molecule has 0 bridgehead atoms. The fourth-order valence-electron chi connectivity index (χ4n) is 1.50. The number of nitrogens with one attached hydrogen (secondary N) is 1. The van der Waals surface area contributed by atoms with Crippen LogP contribution in [0.15, 0.2) is 41.1 Å². The number of carbonyl (C=O) groups is 1. The number of amides is 1. The van der Waals surface area contributed by atoms with Crippen LogP contribution in [0.5, 0.6) is 0 Å². The standard InChI is InChI=1S/C13H12BrN3O/c1-8-4-5-16-7-12(8)17-13(18)10-6-9(15)2-3-11(10)14/h2-7H,15H2,1H3,(H,17,18). The summed E-state index contributed by atoms with van der Waals surface area (Å²) >= 11 is 3.33. The van der Waals surface area contributed by atoms with Gasteiger partial charge in [-0.05, 0) is 52.7 Å². The van der Waals surface area contributed by atoms with E-state index in [-0.39, 0.29) is 5.91 Å². The minimum atomic E-state index is -0.217. The number of aromatic nitrogens is 1. The Hall–Kier alpha value is -1.88. The van der Waals surface area contributed by atoms with Crippen LogP contribution in [0.1, 0.15) is 15.9 Å². The van der Waals surface area contributed by atoms with Gasteiger partial charge < -0.3 is 11.1 Å². The Morgan fingerprint density at radius 2 is 2.17 bits per heavy atom. The first kappa shape index (κ1) is 12.6. The molecule has 1 amide bonds. The van der Waals surface area contributed by atoms with Crippen LogP contribution >= 0.6 is 15.9 Å². The first-order valence-electron chi connectivity index (χ1n) is 5.35. The minimum Gasteiger partial charge on any atom is -0.399 e. The van der Waals surface area contributed by atoms with Gasteiger partial charge in [0.15, 0.2) is 0 Å². The molecule has 0 unspecified atom stereocenters. The van der Waals surface area contributed by atoms with Crippen molar-refractivity contribution in [2.75, 3.05) is 11.1 Å². The molecule has 3 N–H and O–H groups in total. The molecule has 0 aliphatic rings. The number of nitrogens with zero attached hydrogens (tertiary/aromatic N) is 1. The van der Waals surface area contributed by atoms with Gasteiger partial charge in [-0.1, -0.05) is 0 Å². The zero-order valence-corrected chi connectivity index (χ0v) is 11.4. The van der Waals surface area contributed by atoms with Crippen molar-refractivity contribution in [3.8, 4) is 0 Å². The van der Waals surface area contributed by atoms with Gasteiger partial charge in [0.1, 0.15) is 0 Å². The predicted molar refractivity (Wildman–Crippen MR) is 75.5 cm³/mol. The number of rotatable bonds is 2. The number of nitrogen functional groups attached to an aromatic ring is 1. The second-order valence-corrected chi connectivity index (χ2v) is 4.74. The van der Waals surface area contributed by atoms with E-state index in [0.29, 0.717) is 21.4 Å². The predicted octanol–water partition coefficient (Wildman–Crippen LogP) is 2.99. The van der Waals surface area contributed by atoms with Gasteiger partial charge in [-0.25, -0.2) is 0 Å². The van der Waals surface area contributed by atoms with Gasteiger partial charge in [0.25, 0.3) is 5.91 Å². The second kappa shape index (κ2) is 5.18. The van der Waals surface area contributed by atoms with E-state index in [0.717, 1.165) is 5.56 Å². The Bertz CT molecular complexity index is 599. The van der Waals surface area contributed by atoms with Crippen LogP contribution in [0.25, 0.3) is 0 Å². The number of hydrogen-bond donors (Lipinski definition) is 2. The minimum absolute atomic E-state index is 0.217. The second-order valence-electron chi connectivity index (χ2n) is 3.88. The summed E-state index contributed by atoms with van der Waals surface area (Å²) in [5.74, 6) is -0.217.